The van der Waals surface area contributed by atoms with E-state index in [1.807, 2.05) is 0 Å². The molecule has 3 aromatic rings. The van der Waals surface area contributed by atoms with Crippen LogP contribution in [0, 0.1) is 6.92 Å². The zero-order valence-electron chi connectivity index (χ0n) is 18.6. The summed E-state index contributed by atoms with van der Waals surface area (Å²) in [6.07, 6.45) is 0. The Morgan fingerprint density at radius 2 is 1.39 bits per heavy atom. The summed E-state index contributed by atoms with van der Waals surface area (Å²) in [5, 5.41) is 2.80. The molecule has 0 saturated heterocycles. The van der Waals surface area contributed by atoms with Crippen molar-refractivity contribution in [3.8, 4) is 17.2 Å². The molecule has 1 aliphatic rings. The van der Waals surface area contributed by atoms with E-state index in [4.69, 9.17) is 14.2 Å². The van der Waals surface area contributed by atoms with Gasteiger partial charge >= 0.3 is 0 Å². The topological polar surface area (TPSA) is 94.2 Å². The summed E-state index contributed by atoms with van der Waals surface area (Å²) in [5.74, 6) is 0.00378. The second-order valence-corrected chi connectivity index (χ2v) is 7.39. The molecule has 0 unspecified atom stereocenters. The van der Waals surface area contributed by atoms with E-state index in [0.717, 1.165) is 4.90 Å². The highest BCUT2D eigenvalue weighted by molar-refractivity contribution is 6.34. The van der Waals surface area contributed by atoms with Crippen LogP contribution < -0.4 is 24.4 Å². The number of hydrogen-bond donors (Lipinski definition) is 1. The molecule has 8 nitrogen and oxygen atoms in total. The van der Waals surface area contributed by atoms with Crippen molar-refractivity contribution in [3.05, 3.63) is 76.9 Å². The molecule has 3 amide bonds. The van der Waals surface area contributed by atoms with Crippen molar-refractivity contribution in [2.45, 2.75) is 6.92 Å². The third-order valence-electron chi connectivity index (χ3n) is 5.41. The Hall–Kier alpha value is -4.33. The molecule has 0 spiro atoms. The number of benzene rings is 3. The number of aryl methyl sites for hydroxylation is 1. The lowest BCUT2D eigenvalue weighted by Crippen LogP contribution is -2.30. The monoisotopic (exact) mass is 446 g/mol. The number of nitrogens with one attached hydrogen (secondary N) is 1. The molecule has 0 aliphatic carbocycles. The van der Waals surface area contributed by atoms with Gasteiger partial charge in [0.2, 0.25) is 0 Å². The number of fused-ring (bicyclic) bond motifs is 1. The second-order valence-electron chi connectivity index (χ2n) is 7.39. The van der Waals surface area contributed by atoms with E-state index >= 15 is 0 Å². The number of hydrogen-bond acceptors (Lipinski definition) is 6. The fourth-order valence-corrected chi connectivity index (χ4v) is 3.75. The summed E-state index contributed by atoms with van der Waals surface area (Å²) >= 11 is 0. The van der Waals surface area contributed by atoms with Gasteiger partial charge in [-0.15, -0.1) is 0 Å². The molecule has 1 N–H and O–H groups in total. The number of anilines is 2. The van der Waals surface area contributed by atoms with Crippen LogP contribution in [0.1, 0.15) is 36.6 Å². The van der Waals surface area contributed by atoms with Gasteiger partial charge in [0.25, 0.3) is 17.7 Å². The molecule has 4 rings (SSSR count). The number of imide groups is 1. The zero-order valence-corrected chi connectivity index (χ0v) is 18.6. The van der Waals surface area contributed by atoms with Crippen LogP contribution in [0.25, 0.3) is 0 Å². The van der Waals surface area contributed by atoms with Crippen LogP contribution in [0.5, 0.6) is 17.2 Å². The summed E-state index contributed by atoms with van der Waals surface area (Å²) in [6.45, 7) is 1.73. The van der Waals surface area contributed by atoms with Gasteiger partial charge in [0.1, 0.15) is 17.2 Å². The highest BCUT2D eigenvalue weighted by Gasteiger charge is 2.37. The number of ether oxygens (including phenoxy) is 3. The van der Waals surface area contributed by atoms with E-state index in [9.17, 15) is 14.4 Å². The van der Waals surface area contributed by atoms with Crippen molar-refractivity contribution in [2.75, 3.05) is 31.5 Å². The molecule has 0 fully saturated rings. The Morgan fingerprint density at radius 1 is 0.818 bits per heavy atom. The lowest BCUT2D eigenvalue weighted by molar-refractivity contribution is 0.0925. The second kappa shape index (κ2) is 8.66. The van der Waals surface area contributed by atoms with Crippen LogP contribution in [0.3, 0.4) is 0 Å². The van der Waals surface area contributed by atoms with Crippen LogP contribution in [0.2, 0.25) is 0 Å². The number of carbonyl (C=O) groups excluding carboxylic acids is 3. The van der Waals surface area contributed by atoms with Crippen molar-refractivity contribution in [3.63, 3.8) is 0 Å². The summed E-state index contributed by atoms with van der Waals surface area (Å²) < 4.78 is 15.9. The van der Waals surface area contributed by atoms with Gasteiger partial charge in [-0.2, -0.15) is 0 Å². The van der Waals surface area contributed by atoms with Gasteiger partial charge in [0.15, 0.2) is 0 Å². The van der Waals surface area contributed by atoms with Gasteiger partial charge in [-0.1, -0.05) is 12.1 Å². The third-order valence-corrected chi connectivity index (χ3v) is 5.41. The number of amides is 3. The molecular weight excluding hydrogens is 424 g/mol. The SMILES string of the molecule is COc1cc(NC(=O)c2cc(C)c(N3C(=O)c4ccccc4C3=O)cc2OC)cc(OC)c1. The molecule has 0 radical (unpaired) electrons. The highest BCUT2D eigenvalue weighted by atomic mass is 16.5. The van der Waals surface area contributed by atoms with Crippen molar-refractivity contribution in [2.24, 2.45) is 0 Å². The maximum absolute atomic E-state index is 13.1. The molecule has 33 heavy (non-hydrogen) atoms. The van der Waals surface area contributed by atoms with Crippen LogP contribution in [0.4, 0.5) is 11.4 Å². The Kier molecular flexibility index (Phi) is 5.74. The molecule has 168 valence electrons. The van der Waals surface area contributed by atoms with Gasteiger partial charge < -0.3 is 19.5 Å². The fourth-order valence-electron chi connectivity index (χ4n) is 3.75. The molecule has 0 atom stereocenters. The minimum Gasteiger partial charge on any atom is -0.497 e. The number of methoxy groups -OCH3 is 3. The molecule has 1 heterocycles. The first-order valence-electron chi connectivity index (χ1n) is 10.1. The Balaban J connectivity index is 1.69. The predicted octanol–water partition coefficient (Wildman–Crippen LogP) is 4.07. The summed E-state index contributed by atoms with van der Waals surface area (Å²) in [6, 6.07) is 14.8. The zero-order chi connectivity index (χ0) is 23.7. The molecule has 1 aliphatic heterocycles. The molecule has 3 aromatic carbocycles. The van der Waals surface area contributed by atoms with Crippen molar-refractivity contribution >= 4 is 29.1 Å². The minimum atomic E-state index is -0.431. The van der Waals surface area contributed by atoms with E-state index in [1.54, 1.807) is 55.5 Å². The highest BCUT2D eigenvalue weighted by Crippen LogP contribution is 2.35. The predicted molar refractivity (Wildman–Crippen MR) is 123 cm³/mol. The van der Waals surface area contributed by atoms with Crippen molar-refractivity contribution in [1.82, 2.24) is 0 Å². The maximum atomic E-state index is 13.1. The van der Waals surface area contributed by atoms with Crippen LogP contribution >= 0.6 is 0 Å². The first-order valence-corrected chi connectivity index (χ1v) is 10.1. The van der Waals surface area contributed by atoms with Gasteiger partial charge in [0.05, 0.1) is 43.7 Å². The normalized spacial score (nSPS) is 12.4. The summed E-state index contributed by atoms with van der Waals surface area (Å²) in [5.41, 5.74) is 2.33. The first kappa shape index (κ1) is 21.9. The van der Waals surface area contributed by atoms with Crippen molar-refractivity contribution in [1.29, 1.82) is 0 Å². The third kappa shape index (κ3) is 3.87. The van der Waals surface area contributed by atoms with Gasteiger partial charge in [-0.3, -0.25) is 14.4 Å². The van der Waals surface area contributed by atoms with Crippen LogP contribution in [-0.2, 0) is 0 Å². The quantitative estimate of drug-likeness (QED) is 0.574. The summed E-state index contributed by atoms with van der Waals surface area (Å²) in [4.78, 5) is 40.0. The lowest BCUT2D eigenvalue weighted by atomic mass is 10.1. The molecule has 8 heteroatoms. The average Bonchev–Trinajstić information content (AvgIpc) is 3.08. The van der Waals surface area contributed by atoms with E-state index < -0.39 is 17.7 Å². The molecule has 0 bridgehead atoms. The largest absolute Gasteiger partial charge is 0.497 e. The maximum Gasteiger partial charge on any atom is 0.266 e. The molecule has 0 saturated carbocycles. The van der Waals surface area contributed by atoms with E-state index in [0.29, 0.717) is 39.6 Å². The Bertz CT molecular complexity index is 1230. The van der Waals surface area contributed by atoms with E-state index in [-0.39, 0.29) is 11.3 Å². The standard InChI is InChI=1S/C25H22N2O6/c1-14-9-20(23(28)26-15-10-16(31-2)12-17(11-15)32-3)22(33-4)13-21(14)27-24(29)18-7-5-6-8-19(18)25(27)30/h5-13H,1-4H3,(H,26,28). The van der Waals surface area contributed by atoms with E-state index in [1.165, 1.54) is 27.4 Å². The number of carbonyl (C=O) groups is 3. The Morgan fingerprint density at radius 3 is 1.91 bits per heavy atom. The van der Waals surface area contributed by atoms with Gasteiger partial charge in [-0.25, -0.2) is 4.90 Å². The van der Waals surface area contributed by atoms with Crippen LogP contribution in [-0.4, -0.2) is 39.1 Å². The Labute approximate surface area is 190 Å². The van der Waals surface area contributed by atoms with Gasteiger partial charge in [0, 0.05) is 30.0 Å². The number of rotatable bonds is 6. The van der Waals surface area contributed by atoms with E-state index in [2.05, 4.69) is 5.32 Å². The van der Waals surface area contributed by atoms with Crippen LogP contribution in [0.15, 0.2) is 54.6 Å². The fraction of sp³-hybridized carbons (Fsp3) is 0.160. The number of nitrogens with zero attached hydrogens (tertiary/aromatic N) is 1. The smallest absolute Gasteiger partial charge is 0.266 e. The minimum absolute atomic E-state index is 0.222. The molecule has 0 aromatic heterocycles. The first-order chi connectivity index (χ1) is 15.9. The lowest BCUT2D eigenvalue weighted by Gasteiger charge is -2.19. The summed E-state index contributed by atoms with van der Waals surface area (Å²) in [7, 11) is 4.46. The van der Waals surface area contributed by atoms with Gasteiger partial charge in [-0.05, 0) is 30.7 Å². The van der Waals surface area contributed by atoms with Crippen molar-refractivity contribution < 1.29 is 28.6 Å². The average molecular weight is 446 g/mol. The molecular formula is C25H22N2O6.